The number of amides is 2. The molecule has 0 aliphatic carbocycles. The van der Waals surface area contributed by atoms with Gasteiger partial charge in [-0.25, -0.2) is 0 Å². The molecule has 2 atom stereocenters. The largest absolute Gasteiger partial charge is 0.320 e. The molecule has 0 aromatic carbocycles. The van der Waals surface area contributed by atoms with Gasteiger partial charge in [-0.15, -0.1) is 0 Å². The third-order valence-electron chi connectivity index (χ3n) is 1.92. The second-order valence-corrected chi connectivity index (χ2v) is 3.08. The molecule has 1 unspecified atom stereocenters. The summed E-state index contributed by atoms with van der Waals surface area (Å²) in [5, 5.41) is 0. The fraction of sp³-hybridized carbons (Fsp3) is 0.750. The van der Waals surface area contributed by atoms with Gasteiger partial charge in [0.05, 0.1) is 6.04 Å². The molecular formula is C8H17N3O2. The van der Waals surface area contributed by atoms with E-state index in [-0.39, 0.29) is 17.7 Å². The summed E-state index contributed by atoms with van der Waals surface area (Å²) in [7, 11) is 0. The van der Waals surface area contributed by atoms with Crippen molar-refractivity contribution in [1.29, 1.82) is 0 Å². The predicted molar refractivity (Wildman–Crippen MR) is 49.4 cm³/mol. The van der Waals surface area contributed by atoms with E-state index in [1.165, 1.54) is 6.92 Å². The minimum atomic E-state index is -0.572. The lowest BCUT2D eigenvalue weighted by molar-refractivity contribution is -0.129. The highest BCUT2D eigenvalue weighted by Gasteiger charge is 2.18. The highest BCUT2D eigenvalue weighted by atomic mass is 16.2. The van der Waals surface area contributed by atoms with E-state index < -0.39 is 6.04 Å². The standard InChI is InChI=1S/C8H17N3O2/c1-4-5(2)7(9)8(13)11-10-6(3)12/h5,7H,4,9H2,1-3H3,(H,10,12)(H,11,13)/t5?,7-/m0/s1. The first-order valence-corrected chi connectivity index (χ1v) is 4.31. The van der Waals surface area contributed by atoms with Crippen molar-refractivity contribution in [2.75, 3.05) is 0 Å². The molecule has 76 valence electrons. The highest BCUT2D eigenvalue weighted by Crippen LogP contribution is 2.04. The summed E-state index contributed by atoms with van der Waals surface area (Å²) in [5.41, 5.74) is 10.0. The Hall–Kier alpha value is -1.10. The number of carbonyl (C=O) groups is 2. The Labute approximate surface area is 78.0 Å². The van der Waals surface area contributed by atoms with Crippen LogP contribution in [0.3, 0.4) is 0 Å². The molecule has 0 rings (SSSR count). The monoisotopic (exact) mass is 187 g/mol. The van der Waals surface area contributed by atoms with Crippen molar-refractivity contribution >= 4 is 11.8 Å². The fourth-order valence-corrected chi connectivity index (χ4v) is 0.745. The minimum Gasteiger partial charge on any atom is -0.320 e. The molecule has 4 N–H and O–H groups in total. The summed E-state index contributed by atoms with van der Waals surface area (Å²) in [6, 6.07) is -0.572. The first-order chi connectivity index (χ1) is 5.99. The molecule has 0 radical (unpaired) electrons. The number of hydrogen-bond acceptors (Lipinski definition) is 3. The smallest absolute Gasteiger partial charge is 0.255 e. The Morgan fingerprint density at radius 3 is 2.31 bits per heavy atom. The zero-order valence-electron chi connectivity index (χ0n) is 8.26. The first kappa shape index (κ1) is 11.9. The summed E-state index contributed by atoms with van der Waals surface area (Å²) in [4.78, 5) is 21.6. The normalized spacial score (nSPS) is 14.5. The van der Waals surface area contributed by atoms with Gasteiger partial charge < -0.3 is 5.73 Å². The lowest BCUT2D eigenvalue weighted by Gasteiger charge is -2.17. The number of rotatable bonds is 3. The molecule has 0 aliphatic heterocycles. The van der Waals surface area contributed by atoms with E-state index in [4.69, 9.17) is 5.73 Å². The van der Waals surface area contributed by atoms with Crippen molar-refractivity contribution in [3.63, 3.8) is 0 Å². The number of nitrogens with one attached hydrogen (secondary N) is 2. The van der Waals surface area contributed by atoms with Crippen molar-refractivity contribution in [3.05, 3.63) is 0 Å². The second-order valence-electron chi connectivity index (χ2n) is 3.08. The van der Waals surface area contributed by atoms with Crippen LogP contribution in [-0.2, 0) is 9.59 Å². The lowest BCUT2D eigenvalue weighted by atomic mass is 10.00. The Balaban J connectivity index is 3.89. The Kier molecular flexibility index (Phi) is 5.06. The van der Waals surface area contributed by atoms with Crippen LogP contribution in [0.5, 0.6) is 0 Å². The third kappa shape index (κ3) is 4.47. The van der Waals surface area contributed by atoms with Gasteiger partial charge in [0, 0.05) is 6.92 Å². The first-order valence-electron chi connectivity index (χ1n) is 4.31. The van der Waals surface area contributed by atoms with Gasteiger partial charge in [-0.2, -0.15) is 0 Å². The molecule has 0 aromatic heterocycles. The van der Waals surface area contributed by atoms with E-state index in [1.807, 2.05) is 13.8 Å². The summed E-state index contributed by atoms with van der Waals surface area (Å²) >= 11 is 0. The molecular weight excluding hydrogens is 170 g/mol. The molecule has 0 heterocycles. The molecule has 0 spiro atoms. The maximum absolute atomic E-state index is 11.2. The molecule has 0 saturated carbocycles. The second kappa shape index (κ2) is 5.53. The van der Waals surface area contributed by atoms with Crippen molar-refractivity contribution in [2.24, 2.45) is 11.7 Å². The van der Waals surface area contributed by atoms with Crippen molar-refractivity contribution < 1.29 is 9.59 Å². The van der Waals surface area contributed by atoms with E-state index in [9.17, 15) is 9.59 Å². The molecule has 0 saturated heterocycles. The number of hydrazine groups is 1. The summed E-state index contributed by atoms with van der Waals surface area (Å²) in [6.07, 6.45) is 0.828. The van der Waals surface area contributed by atoms with E-state index in [1.54, 1.807) is 0 Å². The average molecular weight is 187 g/mol. The van der Waals surface area contributed by atoms with Crippen molar-refractivity contribution in [2.45, 2.75) is 33.2 Å². The minimum absolute atomic E-state index is 0.105. The molecule has 0 bridgehead atoms. The number of carbonyl (C=O) groups excluding carboxylic acids is 2. The summed E-state index contributed by atoms with van der Waals surface area (Å²) in [5.74, 6) is -0.567. The summed E-state index contributed by atoms with van der Waals surface area (Å²) in [6.45, 7) is 5.16. The molecule has 5 heteroatoms. The van der Waals surface area contributed by atoms with Crippen LogP contribution in [0.1, 0.15) is 27.2 Å². The zero-order chi connectivity index (χ0) is 10.4. The molecule has 0 fully saturated rings. The van der Waals surface area contributed by atoms with Gasteiger partial charge in [-0.3, -0.25) is 20.4 Å². The Morgan fingerprint density at radius 2 is 1.92 bits per heavy atom. The average Bonchev–Trinajstić information content (AvgIpc) is 2.11. The van der Waals surface area contributed by atoms with E-state index >= 15 is 0 Å². The molecule has 0 aromatic rings. The zero-order valence-corrected chi connectivity index (χ0v) is 8.26. The van der Waals surface area contributed by atoms with Gasteiger partial charge >= 0.3 is 0 Å². The van der Waals surface area contributed by atoms with Gasteiger partial charge in [0.15, 0.2) is 0 Å². The predicted octanol–water partition coefficient (Wildman–Crippen LogP) is -0.473. The van der Waals surface area contributed by atoms with Gasteiger partial charge in [-0.05, 0) is 5.92 Å². The van der Waals surface area contributed by atoms with Crippen molar-refractivity contribution in [1.82, 2.24) is 10.9 Å². The van der Waals surface area contributed by atoms with Crippen LogP contribution in [0.15, 0.2) is 0 Å². The van der Waals surface area contributed by atoms with Gasteiger partial charge in [0.25, 0.3) is 5.91 Å². The summed E-state index contributed by atoms with van der Waals surface area (Å²) < 4.78 is 0. The van der Waals surface area contributed by atoms with Crippen LogP contribution in [0, 0.1) is 5.92 Å². The van der Waals surface area contributed by atoms with Crippen LogP contribution < -0.4 is 16.6 Å². The number of nitrogens with two attached hydrogens (primary N) is 1. The fourth-order valence-electron chi connectivity index (χ4n) is 0.745. The van der Waals surface area contributed by atoms with Crippen LogP contribution in [0.2, 0.25) is 0 Å². The quantitative estimate of drug-likeness (QED) is 0.522. The van der Waals surface area contributed by atoms with E-state index in [0.717, 1.165) is 6.42 Å². The topological polar surface area (TPSA) is 84.2 Å². The van der Waals surface area contributed by atoms with Gasteiger partial charge in [0.1, 0.15) is 0 Å². The third-order valence-corrected chi connectivity index (χ3v) is 1.92. The number of hydrogen-bond donors (Lipinski definition) is 3. The van der Waals surface area contributed by atoms with Gasteiger partial charge in [0.2, 0.25) is 5.91 Å². The van der Waals surface area contributed by atoms with Crippen LogP contribution in [0.4, 0.5) is 0 Å². The maximum Gasteiger partial charge on any atom is 0.255 e. The lowest BCUT2D eigenvalue weighted by Crippen LogP contribution is -2.50. The van der Waals surface area contributed by atoms with Gasteiger partial charge in [-0.1, -0.05) is 20.3 Å². The maximum atomic E-state index is 11.2. The van der Waals surface area contributed by atoms with E-state index in [2.05, 4.69) is 10.9 Å². The molecule has 5 nitrogen and oxygen atoms in total. The Bertz CT molecular complexity index is 194. The molecule has 0 aliphatic rings. The van der Waals surface area contributed by atoms with E-state index in [0.29, 0.717) is 0 Å². The Morgan fingerprint density at radius 1 is 1.38 bits per heavy atom. The SMILES string of the molecule is CCC(C)[C@H](N)C(=O)NNC(C)=O. The van der Waals surface area contributed by atoms with Crippen LogP contribution >= 0.6 is 0 Å². The van der Waals surface area contributed by atoms with Crippen molar-refractivity contribution in [3.8, 4) is 0 Å². The molecule has 2 amide bonds. The van der Waals surface area contributed by atoms with Crippen LogP contribution in [0.25, 0.3) is 0 Å². The highest BCUT2D eigenvalue weighted by molar-refractivity contribution is 5.84. The molecule has 13 heavy (non-hydrogen) atoms. The van der Waals surface area contributed by atoms with Crippen LogP contribution in [-0.4, -0.2) is 17.9 Å².